The van der Waals surface area contributed by atoms with Gasteiger partial charge in [-0.15, -0.1) is 0 Å². The second kappa shape index (κ2) is 6.12. The van der Waals surface area contributed by atoms with E-state index in [2.05, 4.69) is 11.8 Å². The molecular formula is C15H21ClN2O3. The zero-order chi connectivity index (χ0) is 15.6. The van der Waals surface area contributed by atoms with Crippen LogP contribution in [-0.4, -0.2) is 38.9 Å². The van der Waals surface area contributed by atoms with Crippen LogP contribution in [0.5, 0.6) is 0 Å². The van der Waals surface area contributed by atoms with Crippen molar-refractivity contribution in [3.05, 3.63) is 22.7 Å². The quantitative estimate of drug-likeness (QED) is 0.686. The number of carbonyl (C=O) groups excluding carboxylic acids is 1. The highest BCUT2D eigenvalue weighted by Gasteiger charge is 2.33. The number of hydrogen-bond acceptors (Lipinski definition) is 5. The van der Waals surface area contributed by atoms with Gasteiger partial charge in [0, 0.05) is 25.9 Å². The summed E-state index contributed by atoms with van der Waals surface area (Å²) in [6, 6.07) is 3.26. The van der Waals surface area contributed by atoms with Crippen molar-refractivity contribution < 1.29 is 14.3 Å². The summed E-state index contributed by atoms with van der Waals surface area (Å²) in [6.45, 7) is 3.53. The number of esters is 1. The second-order valence-corrected chi connectivity index (χ2v) is 5.98. The molecule has 1 atom stereocenters. The first-order valence-electron chi connectivity index (χ1n) is 6.87. The Morgan fingerprint density at radius 3 is 2.76 bits per heavy atom. The van der Waals surface area contributed by atoms with Crippen LogP contribution in [-0.2, 0) is 9.47 Å². The fourth-order valence-electron chi connectivity index (χ4n) is 2.77. The zero-order valence-electron chi connectivity index (χ0n) is 12.6. The summed E-state index contributed by atoms with van der Waals surface area (Å²) in [5.74, 6) is -0.441. The van der Waals surface area contributed by atoms with Crippen LogP contribution in [0.15, 0.2) is 12.1 Å². The fraction of sp³-hybridized carbons (Fsp3) is 0.533. The van der Waals surface area contributed by atoms with Crippen molar-refractivity contribution in [3.63, 3.8) is 0 Å². The average molecular weight is 313 g/mol. The van der Waals surface area contributed by atoms with Gasteiger partial charge < -0.3 is 20.1 Å². The van der Waals surface area contributed by atoms with Crippen molar-refractivity contribution in [2.24, 2.45) is 0 Å². The molecule has 1 aromatic rings. The van der Waals surface area contributed by atoms with Gasteiger partial charge in [-0.2, -0.15) is 0 Å². The van der Waals surface area contributed by atoms with E-state index >= 15 is 0 Å². The number of rotatable bonds is 3. The van der Waals surface area contributed by atoms with Crippen molar-refractivity contribution in [1.29, 1.82) is 0 Å². The maximum Gasteiger partial charge on any atom is 0.340 e. The molecular weight excluding hydrogens is 292 g/mol. The molecule has 0 radical (unpaired) electrons. The Morgan fingerprint density at radius 2 is 2.14 bits per heavy atom. The van der Waals surface area contributed by atoms with E-state index < -0.39 is 5.97 Å². The molecule has 0 amide bonds. The van der Waals surface area contributed by atoms with E-state index in [4.69, 9.17) is 26.8 Å². The molecule has 1 heterocycles. The molecule has 1 aliphatic heterocycles. The Morgan fingerprint density at radius 1 is 1.43 bits per heavy atom. The Kier molecular flexibility index (Phi) is 4.64. The molecule has 2 N–H and O–H groups in total. The summed E-state index contributed by atoms with van der Waals surface area (Å²) in [5.41, 5.74) is 7.04. The van der Waals surface area contributed by atoms with Gasteiger partial charge in [0.2, 0.25) is 0 Å². The maximum atomic E-state index is 12.0. The summed E-state index contributed by atoms with van der Waals surface area (Å²) in [4.78, 5) is 14.1. The van der Waals surface area contributed by atoms with Gasteiger partial charge >= 0.3 is 5.97 Å². The third kappa shape index (κ3) is 3.24. The van der Waals surface area contributed by atoms with Crippen LogP contribution >= 0.6 is 11.6 Å². The molecule has 0 spiro atoms. The van der Waals surface area contributed by atoms with Crippen molar-refractivity contribution in [3.8, 4) is 0 Å². The lowest BCUT2D eigenvalue weighted by atomic mass is 9.93. The third-order valence-electron chi connectivity index (χ3n) is 3.96. The van der Waals surface area contributed by atoms with Gasteiger partial charge in [-0.05, 0) is 31.9 Å². The Bertz CT molecular complexity index is 550. The Hall–Kier alpha value is -1.46. The minimum Gasteiger partial charge on any atom is -0.465 e. The lowest BCUT2D eigenvalue weighted by molar-refractivity contribution is -0.00472. The standard InChI is InChI=1S/C15H21ClN2O3/c1-15(21-3)5-4-6-18(9-15)13-11(14(19)20-2)7-10(17)8-12(13)16/h7-8H,4-6,9,17H2,1-3H3. The molecule has 6 heteroatoms. The van der Waals surface area contributed by atoms with Gasteiger partial charge in [0.15, 0.2) is 0 Å². The number of hydrogen-bond donors (Lipinski definition) is 1. The Balaban J connectivity index is 2.45. The van der Waals surface area contributed by atoms with Crippen LogP contribution in [0.4, 0.5) is 11.4 Å². The summed E-state index contributed by atoms with van der Waals surface area (Å²) in [7, 11) is 3.05. The molecule has 5 nitrogen and oxygen atoms in total. The number of ether oxygens (including phenoxy) is 2. The first kappa shape index (κ1) is 15.9. The normalized spacial score (nSPS) is 22.2. The van der Waals surface area contributed by atoms with E-state index in [-0.39, 0.29) is 5.60 Å². The van der Waals surface area contributed by atoms with E-state index in [1.165, 1.54) is 7.11 Å². The maximum absolute atomic E-state index is 12.0. The first-order chi connectivity index (χ1) is 9.90. The van der Waals surface area contributed by atoms with E-state index in [0.717, 1.165) is 19.4 Å². The van der Waals surface area contributed by atoms with Crippen molar-refractivity contribution in [2.45, 2.75) is 25.4 Å². The summed E-state index contributed by atoms with van der Waals surface area (Å²) < 4.78 is 10.4. The molecule has 0 saturated carbocycles. The largest absolute Gasteiger partial charge is 0.465 e. The van der Waals surface area contributed by atoms with Crippen LogP contribution in [0.3, 0.4) is 0 Å². The number of carbonyl (C=O) groups is 1. The number of methoxy groups -OCH3 is 2. The fourth-order valence-corrected chi connectivity index (χ4v) is 3.12. The third-order valence-corrected chi connectivity index (χ3v) is 4.25. The number of benzene rings is 1. The minimum absolute atomic E-state index is 0.254. The lowest BCUT2D eigenvalue weighted by Crippen LogP contribution is -2.48. The zero-order valence-corrected chi connectivity index (χ0v) is 13.4. The SMILES string of the molecule is COC(=O)c1cc(N)cc(Cl)c1N1CCCC(C)(OC)C1. The van der Waals surface area contributed by atoms with Gasteiger partial charge in [0.1, 0.15) is 0 Å². The summed E-state index contributed by atoms with van der Waals surface area (Å²) >= 11 is 6.34. The molecule has 1 aliphatic rings. The lowest BCUT2D eigenvalue weighted by Gasteiger charge is -2.41. The van der Waals surface area contributed by atoms with E-state index in [1.807, 2.05) is 0 Å². The van der Waals surface area contributed by atoms with Crippen LogP contribution < -0.4 is 10.6 Å². The number of anilines is 2. The molecule has 116 valence electrons. The predicted octanol–water partition coefficient (Wildman–Crippen LogP) is 2.71. The van der Waals surface area contributed by atoms with Gasteiger partial charge in [-0.1, -0.05) is 11.6 Å². The van der Waals surface area contributed by atoms with E-state index in [1.54, 1.807) is 19.2 Å². The van der Waals surface area contributed by atoms with Crippen molar-refractivity contribution in [1.82, 2.24) is 0 Å². The number of halogens is 1. The molecule has 1 saturated heterocycles. The van der Waals surface area contributed by atoms with Crippen molar-refractivity contribution >= 4 is 28.9 Å². The smallest absolute Gasteiger partial charge is 0.340 e. The first-order valence-corrected chi connectivity index (χ1v) is 7.25. The van der Waals surface area contributed by atoms with E-state index in [9.17, 15) is 4.79 Å². The molecule has 1 fully saturated rings. The Labute approximate surface area is 130 Å². The number of nitrogens with two attached hydrogens (primary N) is 1. The van der Waals surface area contributed by atoms with Crippen LogP contribution in [0.2, 0.25) is 5.02 Å². The summed E-state index contributed by atoms with van der Waals surface area (Å²) in [6.07, 6.45) is 1.94. The van der Waals surface area contributed by atoms with Crippen molar-refractivity contribution in [2.75, 3.05) is 37.9 Å². The minimum atomic E-state index is -0.441. The van der Waals surface area contributed by atoms with Gasteiger partial charge in [-0.3, -0.25) is 0 Å². The molecule has 2 rings (SSSR count). The molecule has 0 bridgehead atoms. The average Bonchev–Trinajstić information content (AvgIpc) is 2.45. The van der Waals surface area contributed by atoms with Crippen LogP contribution in [0.25, 0.3) is 0 Å². The van der Waals surface area contributed by atoms with E-state index in [0.29, 0.717) is 28.5 Å². The van der Waals surface area contributed by atoms with Gasteiger partial charge in [-0.25, -0.2) is 4.79 Å². The molecule has 1 unspecified atom stereocenters. The summed E-state index contributed by atoms with van der Waals surface area (Å²) in [5, 5.41) is 0.454. The predicted molar refractivity (Wildman–Crippen MR) is 84.1 cm³/mol. The van der Waals surface area contributed by atoms with Gasteiger partial charge in [0.25, 0.3) is 0 Å². The highest BCUT2D eigenvalue weighted by Crippen LogP contribution is 2.37. The topological polar surface area (TPSA) is 64.8 Å². The number of nitrogen functional groups attached to an aromatic ring is 1. The highest BCUT2D eigenvalue weighted by molar-refractivity contribution is 6.34. The van der Waals surface area contributed by atoms with Crippen LogP contribution in [0, 0.1) is 0 Å². The van der Waals surface area contributed by atoms with Gasteiger partial charge in [0.05, 0.1) is 29.0 Å². The number of nitrogens with zero attached hydrogens (tertiary/aromatic N) is 1. The molecule has 21 heavy (non-hydrogen) atoms. The highest BCUT2D eigenvalue weighted by atomic mass is 35.5. The second-order valence-electron chi connectivity index (χ2n) is 5.57. The molecule has 0 aromatic heterocycles. The molecule has 0 aliphatic carbocycles. The number of piperidine rings is 1. The monoisotopic (exact) mass is 312 g/mol. The molecule has 1 aromatic carbocycles. The van der Waals surface area contributed by atoms with Crippen LogP contribution in [0.1, 0.15) is 30.1 Å².